The van der Waals surface area contributed by atoms with Gasteiger partial charge in [-0.25, -0.2) is 0 Å². The van der Waals surface area contributed by atoms with Crippen molar-refractivity contribution in [3.63, 3.8) is 0 Å². The predicted molar refractivity (Wildman–Crippen MR) is 317 cm³/mol. The Morgan fingerprint density at radius 2 is 0.370 bits per heavy atom. The van der Waals surface area contributed by atoms with Crippen LogP contribution in [0, 0.1) is 0 Å². The molecule has 434 valence electrons. The van der Waals surface area contributed by atoms with E-state index in [1.54, 1.807) is 0 Å². The van der Waals surface area contributed by atoms with Gasteiger partial charge in [0.25, 0.3) is 0 Å². The minimum absolute atomic E-state index is 0.0607. The second kappa shape index (κ2) is 62.9. The van der Waals surface area contributed by atoms with Crippen LogP contribution in [0.15, 0.2) is 0 Å². The first kappa shape index (κ1) is 71.4. The van der Waals surface area contributed by atoms with Crippen molar-refractivity contribution >= 4 is 17.9 Å². The van der Waals surface area contributed by atoms with E-state index in [0.717, 1.165) is 57.8 Å². The summed E-state index contributed by atoms with van der Waals surface area (Å²) in [5.74, 6) is -0.827. The summed E-state index contributed by atoms with van der Waals surface area (Å²) in [6.45, 7) is 6.72. The zero-order chi connectivity index (χ0) is 52.9. The summed E-state index contributed by atoms with van der Waals surface area (Å²) in [5, 5.41) is 0. The highest BCUT2D eigenvalue weighted by atomic mass is 16.6. The Kier molecular flexibility index (Phi) is 61.6. The van der Waals surface area contributed by atoms with E-state index in [1.807, 2.05) is 0 Å². The Bertz CT molecular complexity index is 1090. The van der Waals surface area contributed by atoms with Crippen LogP contribution >= 0.6 is 0 Å². The van der Waals surface area contributed by atoms with Gasteiger partial charge < -0.3 is 14.2 Å². The summed E-state index contributed by atoms with van der Waals surface area (Å²) in [4.78, 5) is 38.3. The Balaban J connectivity index is 4.14. The van der Waals surface area contributed by atoms with Crippen molar-refractivity contribution in [3.05, 3.63) is 0 Å². The molecule has 0 aromatic carbocycles. The van der Waals surface area contributed by atoms with E-state index in [2.05, 4.69) is 20.8 Å². The van der Waals surface area contributed by atoms with E-state index in [9.17, 15) is 14.4 Å². The quantitative estimate of drug-likeness (QED) is 0.0343. The highest BCUT2D eigenvalue weighted by Crippen LogP contribution is 2.19. The monoisotopic (exact) mass is 1030 g/mol. The number of ether oxygens (including phenoxy) is 3. The summed E-state index contributed by atoms with van der Waals surface area (Å²) >= 11 is 0. The molecule has 0 amide bonds. The van der Waals surface area contributed by atoms with E-state index in [4.69, 9.17) is 14.2 Å². The van der Waals surface area contributed by atoms with Crippen molar-refractivity contribution in [1.29, 1.82) is 0 Å². The maximum absolute atomic E-state index is 12.9. The smallest absolute Gasteiger partial charge is 0.306 e. The van der Waals surface area contributed by atoms with E-state index < -0.39 is 6.10 Å². The molecule has 0 aromatic heterocycles. The van der Waals surface area contributed by atoms with Crippen LogP contribution in [-0.4, -0.2) is 37.2 Å². The lowest BCUT2D eigenvalue weighted by molar-refractivity contribution is -0.167. The fourth-order valence-corrected chi connectivity index (χ4v) is 10.6. The summed E-state index contributed by atoms with van der Waals surface area (Å²) in [6, 6.07) is 0. The van der Waals surface area contributed by atoms with Crippen molar-refractivity contribution in [1.82, 2.24) is 0 Å². The molecule has 0 bridgehead atoms. The molecular formula is C67H130O6. The SMILES string of the molecule is CCCCCCCCCCCCCCCCCCCCCCCCCC(=O)OCC(COC(=O)CCCCCCCCCCCC)OC(=O)CCCCCCCCCCCCCCCCCCCCCCCC. The van der Waals surface area contributed by atoms with Crippen molar-refractivity contribution in [2.75, 3.05) is 13.2 Å². The number of esters is 3. The van der Waals surface area contributed by atoms with E-state index >= 15 is 0 Å². The molecule has 0 radical (unpaired) electrons. The standard InChI is InChI=1S/C67H130O6/c1-4-7-10-13-16-19-22-24-26-28-30-32-34-36-37-39-41-43-45-48-51-54-57-60-66(69)72-63-64(62-71-65(68)59-56-53-50-47-21-18-15-12-9-6-3)73-67(70)61-58-55-52-49-46-44-42-40-38-35-33-31-29-27-25-23-20-17-14-11-8-5-2/h64H,4-63H2,1-3H3. The van der Waals surface area contributed by atoms with Crippen molar-refractivity contribution in [2.45, 2.75) is 399 Å². The van der Waals surface area contributed by atoms with Crippen LogP contribution in [0.2, 0.25) is 0 Å². The number of hydrogen-bond donors (Lipinski definition) is 0. The minimum atomic E-state index is -0.762. The molecule has 1 atom stereocenters. The van der Waals surface area contributed by atoms with Crippen LogP contribution in [-0.2, 0) is 28.6 Å². The van der Waals surface area contributed by atoms with Gasteiger partial charge >= 0.3 is 17.9 Å². The first-order valence-corrected chi connectivity index (χ1v) is 33.5. The number of carbonyl (C=O) groups excluding carboxylic acids is 3. The van der Waals surface area contributed by atoms with Gasteiger partial charge in [-0.15, -0.1) is 0 Å². The summed E-state index contributed by atoms with van der Waals surface area (Å²) in [5.41, 5.74) is 0. The lowest BCUT2D eigenvalue weighted by Crippen LogP contribution is -2.30. The molecule has 0 fully saturated rings. The van der Waals surface area contributed by atoms with Crippen LogP contribution < -0.4 is 0 Å². The summed E-state index contributed by atoms with van der Waals surface area (Å²) in [6.07, 6.45) is 72.7. The number of carbonyl (C=O) groups is 3. The molecule has 0 rings (SSSR count). The molecule has 73 heavy (non-hydrogen) atoms. The molecule has 6 nitrogen and oxygen atoms in total. The van der Waals surface area contributed by atoms with Gasteiger partial charge in [0.1, 0.15) is 13.2 Å². The van der Waals surface area contributed by atoms with E-state index in [0.29, 0.717) is 19.3 Å². The molecule has 0 aliphatic carbocycles. The fraction of sp³-hybridized carbons (Fsp3) is 0.955. The average Bonchev–Trinajstić information content (AvgIpc) is 3.39. The number of unbranched alkanes of at least 4 members (excludes halogenated alkanes) is 52. The first-order valence-electron chi connectivity index (χ1n) is 33.5. The van der Waals surface area contributed by atoms with Gasteiger partial charge in [0.15, 0.2) is 6.10 Å². The molecule has 0 saturated carbocycles. The van der Waals surface area contributed by atoms with Gasteiger partial charge in [0.05, 0.1) is 0 Å². The van der Waals surface area contributed by atoms with Gasteiger partial charge in [-0.1, -0.05) is 355 Å². The van der Waals surface area contributed by atoms with Gasteiger partial charge in [-0.3, -0.25) is 14.4 Å². The molecule has 0 spiro atoms. The highest BCUT2D eigenvalue weighted by Gasteiger charge is 2.19. The minimum Gasteiger partial charge on any atom is -0.462 e. The van der Waals surface area contributed by atoms with Crippen molar-refractivity contribution in [2.24, 2.45) is 0 Å². The maximum atomic E-state index is 12.9. The maximum Gasteiger partial charge on any atom is 0.306 e. The average molecular weight is 1030 g/mol. The third-order valence-corrected chi connectivity index (χ3v) is 15.6. The van der Waals surface area contributed by atoms with E-state index in [-0.39, 0.29) is 31.1 Å². The lowest BCUT2D eigenvalue weighted by Gasteiger charge is -2.18. The zero-order valence-electron chi connectivity index (χ0n) is 50.0. The van der Waals surface area contributed by atoms with E-state index in [1.165, 1.54) is 295 Å². The molecular weight excluding hydrogens is 901 g/mol. The predicted octanol–water partition coefficient (Wildman–Crippen LogP) is 22.7. The van der Waals surface area contributed by atoms with Crippen molar-refractivity contribution < 1.29 is 28.6 Å². The first-order chi connectivity index (χ1) is 36.0. The molecule has 6 heteroatoms. The molecule has 0 N–H and O–H groups in total. The van der Waals surface area contributed by atoms with Gasteiger partial charge in [-0.2, -0.15) is 0 Å². The van der Waals surface area contributed by atoms with Crippen LogP contribution in [0.4, 0.5) is 0 Å². The third-order valence-electron chi connectivity index (χ3n) is 15.6. The molecule has 0 aliphatic rings. The van der Waals surface area contributed by atoms with Crippen LogP contribution in [0.1, 0.15) is 393 Å². The number of rotatable bonds is 63. The van der Waals surface area contributed by atoms with Gasteiger partial charge in [-0.05, 0) is 19.3 Å². The zero-order valence-corrected chi connectivity index (χ0v) is 50.0. The summed E-state index contributed by atoms with van der Waals surface area (Å²) in [7, 11) is 0. The second-order valence-electron chi connectivity index (χ2n) is 23.1. The topological polar surface area (TPSA) is 78.9 Å². The Morgan fingerprint density at radius 3 is 0.548 bits per heavy atom. The Morgan fingerprint density at radius 1 is 0.219 bits per heavy atom. The largest absolute Gasteiger partial charge is 0.462 e. The number of hydrogen-bond acceptors (Lipinski definition) is 6. The van der Waals surface area contributed by atoms with Crippen LogP contribution in [0.3, 0.4) is 0 Å². The lowest BCUT2D eigenvalue weighted by atomic mass is 10.0. The molecule has 0 heterocycles. The third kappa shape index (κ3) is 61.1. The normalized spacial score (nSPS) is 11.9. The van der Waals surface area contributed by atoms with Crippen LogP contribution in [0.5, 0.6) is 0 Å². The molecule has 1 unspecified atom stereocenters. The Hall–Kier alpha value is -1.59. The van der Waals surface area contributed by atoms with Gasteiger partial charge in [0, 0.05) is 19.3 Å². The van der Waals surface area contributed by atoms with Crippen LogP contribution in [0.25, 0.3) is 0 Å². The molecule has 0 aromatic rings. The van der Waals surface area contributed by atoms with Crippen molar-refractivity contribution in [3.8, 4) is 0 Å². The second-order valence-corrected chi connectivity index (χ2v) is 23.1. The molecule has 0 saturated heterocycles. The molecule has 0 aliphatic heterocycles. The summed E-state index contributed by atoms with van der Waals surface area (Å²) < 4.78 is 16.9. The fourth-order valence-electron chi connectivity index (χ4n) is 10.6. The Labute approximate surface area is 457 Å². The van der Waals surface area contributed by atoms with Gasteiger partial charge in [0.2, 0.25) is 0 Å². The highest BCUT2D eigenvalue weighted by molar-refractivity contribution is 5.71.